The highest BCUT2D eigenvalue weighted by atomic mass is 16.5. The maximum absolute atomic E-state index is 13.4. The second-order valence-electron chi connectivity index (χ2n) is 8.73. The van der Waals surface area contributed by atoms with E-state index < -0.39 is 0 Å². The molecular weight excluding hydrogens is 434 g/mol. The normalized spacial score (nSPS) is 19.4. The molecule has 5 rings (SSSR count). The SMILES string of the molecule is COc1ccc(C2=NN(C(=O)CN3CCN(Cc4cc(C)on4)CC3)[C@H](c3ccco3)C2)cc1. The average molecular weight is 464 g/mol. The lowest BCUT2D eigenvalue weighted by molar-refractivity contribution is -0.135. The van der Waals surface area contributed by atoms with E-state index in [0.717, 1.165) is 67.0 Å². The Morgan fingerprint density at radius 1 is 1.12 bits per heavy atom. The molecule has 0 unspecified atom stereocenters. The molecule has 4 heterocycles. The number of carbonyl (C=O) groups excluding carboxylic acids is 1. The molecule has 2 aromatic heterocycles. The third-order valence-corrected chi connectivity index (χ3v) is 6.35. The van der Waals surface area contributed by atoms with Gasteiger partial charge < -0.3 is 13.7 Å². The number of amides is 1. The Kier molecular flexibility index (Phi) is 6.46. The average Bonchev–Trinajstić information content (AvgIpc) is 3.61. The molecule has 9 heteroatoms. The molecule has 0 spiro atoms. The summed E-state index contributed by atoms with van der Waals surface area (Å²) in [4.78, 5) is 17.9. The molecule has 1 amide bonds. The second-order valence-corrected chi connectivity index (χ2v) is 8.73. The smallest absolute Gasteiger partial charge is 0.257 e. The zero-order chi connectivity index (χ0) is 23.5. The van der Waals surface area contributed by atoms with E-state index in [9.17, 15) is 4.79 Å². The summed E-state index contributed by atoms with van der Waals surface area (Å²) in [5.74, 6) is 2.33. The van der Waals surface area contributed by atoms with Crippen LogP contribution in [0.15, 0.2) is 62.8 Å². The molecule has 34 heavy (non-hydrogen) atoms. The molecule has 0 N–H and O–H groups in total. The number of hydrazone groups is 1. The number of carbonyl (C=O) groups is 1. The van der Waals surface area contributed by atoms with Gasteiger partial charge >= 0.3 is 0 Å². The summed E-state index contributed by atoms with van der Waals surface area (Å²) < 4.78 is 16.1. The van der Waals surface area contributed by atoms with Crippen molar-refractivity contribution in [1.29, 1.82) is 0 Å². The Bertz CT molecular complexity index is 1130. The first-order chi connectivity index (χ1) is 16.6. The van der Waals surface area contributed by atoms with Crippen LogP contribution in [0.5, 0.6) is 5.75 Å². The van der Waals surface area contributed by atoms with Crippen molar-refractivity contribution < 1.29 is 18.5 Å². The quantitative estimate of drug-likeness (QED) is 0.532. The van der Waals surface area contributed by atoms with Gasteiger partial charge in [-0.15, -0.1) is 0 Å². The highest BCUT2D eigenvalue weighted by Gasteiger charge is 2.35. The number of rotatable bonds is 7. The van der Waals surface area contributed by atoms with Crippen molar-refractivity contribution in [1.82, 2.24) is 20.0 Å². The van der Waals surface area contributed by atoms with E-state index >= 15 is 0 Å². The number of hydrogen-bond donors (Lipinski definition) is 0. The zero-order valence-electron chi connectivity index (χ0n) is 19.5. The van der Waals surface area contributed by atoms with E-state index in [1.165, 1.54) is 0 Å². The van der Waals surface area contributed by atoms with Gasteiger partial charge in [-0.3, -0.25) is 14.6 Å². The summed E-state index contributed by atoms with van der Waals surface area (Å²) in [7, 11) is 1.64. The first-order valence-electron chi connectivity index (χ1n) is 11.5. The molecule has 0 aliphatic carbocycles. The van der Waals surface area contributed by atoms with Crippen molar-refractivity contribution in [2.45, 2.75) is 25.9 Å². The largest absolute Gasteiger partial charge is 0.497 e. The molecule has 1 atom stereocenters. The van der Waals surface area contributed by atoms with Crippen molar-refractivity contribution >= 4 is 11.6 Å². The minimum absolute atomic E-state index is 0.0227. The Hall–Kier alpha value is -3.43. The number of methoxy groups -OCH3 is 1. The Morgan fingerprint density at radius 2 is 1.88 bits per heavy atom. The zero-order valence-corrected chi connectivity index (χ0v) is 19.5. The fourth-order valence-corrected chi connectivity index (χ4v) is 4.49. The molecule has 0 radical (unpaired) electrons. The lowest BCUT2D eigenvalue weighted by Gasteiger charge is -2.34. The Morgan fingerprint density at radius 3 is 2.53 bits per heavy atom. The summed E-state index contributed by atoms with van der Waals surface area (Å²) >= 11 is 0. The Balaban J connectivity index is 1.23. The van der Waals surface area contributed by atoms with Crippen LogP contribution in [-0.2, 0) is 11.3 Å². The van der Waals surface area contributed by atoms with Crippen molar-refractivity contribution in [2.24, 2.45) is 5.10 Å². The van der Waals surface area contributed by atoms with Crippen LogP contribution >= 0.6 is 0 Å². The van der Waals surface area contributed by atoms with Gasteiger partial charge in [0.1, 0.15) is 23.3 Å². The third-order valence-electron chi connectivity index (χ3n) is 6.35. The van der Waals surface area contributed by atoms with E-state index in [2.05, 4.69) is 15.0 Å². The van der Waals surface area contributed by atoms with Gasteiger partial charge in [0.15, 0.2) is 0 Å². The molecule has 1 fully saturated rings. The molecule has 2 aliphatic rings. The highest BCUT2D eigenvalue weighted by Crippen LogP contribution is 2.33. The molecule has 178 valence electrons. The van der Waals surface area contributed by atoms with Crippen LogP contribution in [-0.4, -0.2) is 71.4 Å². The monoisotopic (exact) mass is 463 g/mol. The van der Waals surface area contributed by atoms with Crippen LogP contribution < -0.4 is 4.74 Å². The minimum atomic E-state index is -0.240. The fourth-order valence-electron chi connectivity index (χ4n) is 4.49. The fraction of sp³-hybridized carbons (Fsp3) is 0.400. The van der Waals surface area contributed by atoms with Crippen LogP contribution in [0.3, 0.4) is 0 Å². The molecule has 1 saturated heterocycles. The molecule has 2 aliphatic heterocycles. The predicted molar refractivity (Wildman–Crippen MR) is 125 cm³/mol. The van der Waals surface area contributed by atoms with E-state index in [1.54, 1.807) is 18.4 Å². The number of aromatic nitrogens is 1. The van der Waals surface area contributed by atoms with Gasteiger partial charge in [-0.1, -0.05) is 5.16 Å². The number of furan rings is 1. The maximum atomic E-state index is 13.4. The molecule has 0 bridgehead atoms. The van der Waals surface area contributed by atoms with Crippen LogP contribution in [0.25, 0.3) is 0 Å². The van der Waals surface area contributed by atoms with Crippen molar-refractivity contribution in [3.63, 3.8) is 0 Å². The van der Waals surface area contributed by atoms with Gasteiger partial charge in [0.05, 0.1) is 31.3 Å². The minimum Gasteiger partial charge on any atom is -0.497 e. The number of benzene rings is 1. The molecule has 0 saturated carbocycles. The number of aryl methyl sites for hydroxylation is 1. The lowest BCUT2D eigenvalue weighted by Crippen LogP contribution is -2.49. The van der Waals surface area contributed by atoms with E-state index in [-0.39, 0.29) is 11.9 Å². The standard InChI is InChI=1S/C25H29N5O4/c1-18-14-20(27-34-18)16-28-9-11-29(12-10-28)17-25(31)30-23(24-4-3-13-33-24)15-22(26-30)19-5-7-21(32-2)8-6-19/h3-8,13-14,23H,9-12,15-17H2,1-2H3/t23-/m0/s1. The van der Waals surface area contributed by atoms with E-state index in [4.69, 9.17) is 18.8 Å². The van der Waals surface area contributed by atoms with Crippen LogP contribution in [0.1, 0.15) is 35.2 Å². The van der Waals surface area contributed by atoms with E-state index in [0.29, 0.717) is 13.0 Å². The van der Waals surface area contributed by atoms with Gasteiger partial charge in [0.2, 0.25) is 0 Å². The first-order valence-corrected chi connectivity index (χ1v) is 11.5. The molecule has 9 nitrogen and oxygen atoms in total. The Labute approximate surface area is 198 Å². The van der Waals surface area contributed by atoms with Gasteiger partial charge in [-0.2, -0.15) is 5.10 Å². The summed E-state index contributed by atoms with van der Waals surface area (Å²) in [6.45, 7) is 6.38. The highest BCUT2D eigenvalue weighted by molar-refractivity contribution is 6.03. The van der Waals surface area contributed by atoms with Gasteiger partial charge in [-0.25, -0.2) is 5.01 Å². The topological polar surface area (TPSA) is 87.5 Å². The molecule has 3 aromatic rings. The van der Waals surface area contributed by atoms with Gasteiger partial charge in [0.25, 0.3) is 5.91 Å². The van der Waals surface area contributed by atoms with Gasteiger partial charge in [0, 0.05) is 45.2 Å². The molecular formula is C25H29N5O4. The summed E-state index contributed by atoms with van der Waals surface area (Å²) in [5, 5.41) is 10.4. The number of nitrogens with zero attached hydrogens (tertiary/aromatic N) is 5. The number of hydrogen-bond acceptors (Lipinski definition) is 8. The number of ether oxygens (including phenoxy) is 1. The van der Waals surface area contributed by atoms with E-state index in [1.807, 2.05) is 49.4 Å². The summed E-state index contributed by atoms with van der Waals surface area (Å²) in [6.07, 6.45) is 2.25. The maximum Gasteiger partial charge on any atom is 0.257 e. The van der Waals surface area contributed by atoms with Gasteiger partial charge in [-0.05, 0) is 48.9 Å². The predicted octanol–water partition coefficient (Wildman–Crippen LogP) is 3.08. The first kappa shape index (κ1) is 22.4. The van der Waals surface area contributed by atoms with Crippen LogP contribution in [0.2, 0.25) is 0 Å². The van der Waals surface area contributed by atoms with Crippen molar-refractivity contribution in [3.05, 3.63) is 71.5 Å². The third kappa shape index (κ3) is 4.90. The van der Waals surface area contributed by atoms with Crippen LogP contribution in [0, 0.1) is 6.92 Å². The van der Waals surface area contributed by atoms with Crippen LogP contribution in [0.4, 0.5) is 0 Å². The summed E-state index contributed by atoms with van der Waals surface area (Å²) in [5.41, 5.74) is 2.79. The summed E-state index contributed by atoms with van der Waals surface area (Å²) in [6, 6.07) is 13.2. The van der Waals surface area contributed by atoms with Crippen molar-refractivity contribution in [2.75, 3.05) is 39.8 Å². The van der Waals surface area contributed by atoms with Crippen molar-refractivity contribution in [3.8, 4) is 5.75 Å². The number of piperazine rings is 1. The lowest BCUT2D eigenvalue weighted by atomic mass is 10.0. The molecule has 1 aromatic carbocycles. The second kappa shape index (κ2) is 9.82.